The zero-order valence-corrected chi connectivity index (χ0v) is 17.6. The summed E-state index contributed by atoms with van der Waals surface area (Å²) in [6, 6.07) is 9.49. The van der Waals surface area contributed by atoms with Gasteiger partial charge >= 0.3 is 0 Å². The predicted molar refractivity (Wildman–Crippen MR) is 110 cm³/mol. The minimum atomic E-state index is -0.597. The molecule has 1 aromatic heterocycles. The van der Waals surface area contributed by atoms with Gasteiger partial charge in [0.25, 0.3) is 11.8 Å². The molecule has 2 bridgehead atoms. The van der Waals surface area contributed by atoms with E-state index in [-0.39, 0.29) is 46.2 Å². The van der Waals surface area contributed by atoms with E-state index in [0.717, 1.165) is 11.8 Å². The number of hydrogen-bond acceptors (Lipinski definition) is 4. The number of pyridine rings is 1. The van der Waals surface area contributed by atoms with Crippen LogP contribution in [0.2, 0.25) is 5.02 Å². The Morgan fingerprint density at radius 3 is 2.53 bits per heavy atom. The van der Waals surface area contributed by atoms with Crippen LogP contribution >= 0.6 is 11.6 Å². The van der Waals surface area contributed by atoms with Gasteiger partial charge in [-0.05, 0) is 49.4 Å². The molecule has 158 valence electrons. The van der Waals surface area contributed by atoms with Crippen LogP contribution in [0.15, 0.2) is 36.4 Å². The molecule has 0 saturated heterocycles. The fourth-order valence-electron chi connectivity index (χ4n) is 4.30. The largest absolute Gasteiger partial charge is 0.484 e. The predicted octanol–water partition coefficient (Wildman–Crippen LogP) is 3.60. The molecule has 0 aliphatic heterocycles. The number of amides is 2. The monoisotopic (exact) mass is 431 g/mol. The first-order valence-electron chi connectivity index (χ1n) is 9.88. The summed E-state index contributed by atoms with van der Waals surface area (Å²) in [5.41, 5.74) is 0.712. The first-order valence-corrected chi connectivity index (χ1v) is 10.3. The standard InChI is InChI=1S/C22H23ClFN3O3/c1-13(2)17-4-3-5-18(25-17)20(29)27-22-10-21(11-22,12-22)26-19(28)9-30-14-6-7-15(23)16(24)8-14/h3-8,13H,9-12H2,1-2H3,(H,26,28)(H,27,29). The number of benzene rings is 1. The Labute approximate surface area is 179 Å². The summed E-state index contributed by atoms with van der Waals surface area (Å²) in [7, 11) is 0. The molecule has 2 amide bonds. The minimum Gasteiger partial charge on any atom is -0.484 e. The molecule has 8 heteroatoms. The van der Waals surface area contributed by atoms with Gasteiger partial charge in [0.2, 0.25) is 0 Å². The quantitative estimate of drug-likeness (QED) is 0.702. The number of carbonyl (C=O) groups excluding carboxylic acids is 2. The maximum Gasteiger partial charge on any atom is 0.270 e. The lowest BCUT2D eigenvalue weighted by Crippen LogP contribution is -2.84. The van der Waals surface area contributed by atoms with Gasteiger partial charge in [-0.1, -0.05) is 31.5 Å². The van der Waals surface area contributed by atoms with Crippen molar-refractivity contribution >= 4 is 23.4 Å². The normalized spacial score (nSPS) is 23.9. The van der Waals surface area contributed by atoms with Crippen molar-refractivity contribution in [1.29, 1.82) is 0 Å². The van der Waals surface area contributed by atoms with E-state index in [1.807, 2.05) is 26.0 Å². The number of carbonyl (C=O) groups is 2. The number of ether oxygens (including phenoxy) is 1. The Bertz CT molecular complexity index is 991. The lowest BCUT2D eigenvalue weighted by atomic mass is 9.44. The Hall–Kier alpha value is -2.67. The molecule has 0 radical (unpaired) electrons. The van der Waals surface area contributed by atoms with Gasteiger partial charge in [-0.3, -0.25) is 9.59 Å². The van der Waals surface area contributed by atoms with Gasteiger partial charge in [0, 0.05) is 22.8 Å². The van der Waals surface area contributed by atoms with E-state index in [4.69, 9.17) is 16.3 Å². The molecule has 3 saturated carbocycles. The highest BCUT2D eigenvalue weighted by Crippen LogP contribution is 2.60. The summed E-state index contributed by atoms with van der Waals surface area (Å²) in [6.07, 6.45) is 2.03. The molecular formula is C22H23ClFN3O3. The van der Waals surface area contributed by atoms with Crippen LogP contribution in [0.4, 0.5) is 4.39 Å². The van der Waals surface area contributed by atoms with Crippen molar-refractivity contribution in [1.82, 2.24) is 15.6 Å². The van der Waals surface area contributed by atoms with Crippen molar-refractivity contribution in [3.63, 3.8) is 0 Å². The van der Waals surface area contributed by atoms with E-state index < -0.39 is 5.82 Å². The highest BCUT2D eigenvalue weighted by molar-refractivity contribution is 6.30. The van der Waals surface area contributed by atoms with Gasteiger partial charge in [-0.25, -0.2) is 9.37 Å². The van der Waals surface area contributed by atoms with E-state index in [0.29, 0.717) is 25.0 Å². The smallest absolute Gasteiger partial charge is 0.270 e. The maximum atomic E-state index is 13.4. The van der Waals surface area contributed by atoms with Crippen LogP contribution in [0.25, 0.3) is 0 Å². The molecule has 1 heterocycles. The third kappa shape index (κ3) is 3.99. The average molecular weight is 432 g/mol. The second kappa shape index (κ2) is 7.54. The fraction of sp³-hybridized carbons (Fsp3) is 0.409. The Balaban J connectivity index is 1.25. The summed E-state index contributed by atoms with van der Waals surface area (Å²) in [4.78, 5) is 29.2. The van der Waals surface area contributed by atoms with Crippen LogP contribution in [-0.4, -0.2) is 34.5 Å². The van der Waals surface area contributed by atoms with Crippen molar-refractivity contribution in [2.75, 3.05) is 6.61 Å². The van der Waals surface area contributed by atoms with Gasteiger partial charge in [0.05, 0.1) is 5.02 Å². The van der Waals surface area contributed by atoms with Crippen molar-refractivity contribution in [2.45, 2.75) is 50.1 Å². The average Bonchev–Trinajstić information content (AvgIpc) is 2.66. The lowest BCUT2D eigenvalue weighted by Gasteiger charge is -2.70. The van der Waals surface area contributed by atoms with Crippen LogP contribution < -0.4 is 15.4 Å². The van der Waals surface area contributed by atoms with Gasteiger partial charge < -0.3 is 15.4 Å². The molecule has 30 heavy (non-hydrogen) atoms. The first-order chi connectivity index (χ1) is 14.2. The zero-order valence-electron chi connectivity index (χ0n) is 16.8. The maximum absolute atomic E-state index is 13.4. The second-order valence-electron chi connectivity index (χ2n) is 8.56. The second-order valence-corrected chi connectivity index (χ2v) is 8.97. The Kier molecular flexibility index (Phi) is 5.18. The van der Waals surface area contributed by atoms with Crippen molar-refractivity contribution in [3.8, 4) is 5.75 Å². The van der Waals surface area contributed by atoms with E-state index in [1.165, 1.54) is 12.1 Å². The summed E-state index contributed by atoms with van der Waals surface area (Å²) in [5.74, 6) is -0.580. The van der Waals surface area contributed by atoms with E-state index in [1.54, 1.807) is 6.07 Å². The van der Waals surface area contributed by atoms with Crippen LogP contribution in [0, 0.1) is 5.82 Å². The number of halogens is 2. The highest BCUT2D eigenvalue weighted by Gasteiger charge is 2.69. The Morgan fingerprint density at radius 2 is 1.87 bits per heavy atom. The molecule has 2 N–H and O–H groups in total. The molecule has 0 atom stereocenters. The SMILES string of the molecule is CC(C)c1cccc(C(=O)NC23CC(NC(=O)COc4ccc(Cl)c(F)c4)(C2)C3)n1. The molecular weight excluding hydrogens is 409 g/mol. The first kappa shape index (κ1) is 20.6. The lowest BCUT2D eigenvalue weighted by molar-refractivity contribution is -0.141. The number of rotatable bonds is 7. The number of nitrogens with zero attached hydrogens (tertiary/aromatic N) is 1. The van der Waals surface area contributed by atoms with Gasteiger partial charge in [-0.2, -0.15) is 0 Å². The van der Waals surface area contributed by atoms with Crippen molar-refractivity contribution in [2.24, 2.45) is 0 Å². The van der Waals surface area contributed by atoms with Gasteiger partial charge in [0.15, 0.2) is 6.61 Å². The molecule has 3 fully saturated rings. The fourth-order valence-corrected chi connectivity index (χ4v) is 4.42. The molecule has 3 aliphatic rings. The van der Waals surface area contributed by atoms with E-state index >= 15 is 0 Å². The summed E-state index contributed by atoms with van der Waals surface area (Å²) in [6.45, 7) is 3.85. The van der Waals surface area contributed by atoms with Crippen LogP contribution in [0.1, 0.15) is 55.2 Å². The highest BCUT2D eigenvalue weighted by atomic mass is 35.5. The summed E-state index contributed by atoms with van der Waals surface area (Å²) < 4.78 is 18.7. The van der Waals surface area contributed by atoms with Crippen molar-refractivity contribution < 1.29 is 18.7 Å². The summed E-state index contributed by atoms with van der Waals surface area (Å²) >= 11 is 5.63. The molecule has 0 unspecified atom stereocenters. The van der Waals surface area contributed by atoms with Crippen LogP contribution in [-0.2, 0) is 4.79 Å². The van der Waals surface area contributed by atoms with Gasteiger partial charge in [0.1, 0.15) is 17.3 Å². The molecule has 6 nitrogen and oxygen atoms in total. The Morgan fingerprint density at radius 1 is 1.17 bits per heavy atom. The van der Waals surface area contributed by atoms with Crippen LogP contribution in [0.5, 0.6) is 5.75 Å². The minimum absolute atomic E-state index is 0.000791. The topological polar surface area (TPSA) is 80.3 Å². The zero-order chi connectivity index (χ0) is 21.5. The van der Waals surface area contributed by atoms with Crippen LogP contribution in [0.3, 0.4) is 0 Å². The number of nitrogens with one attached hydrogen (secondary N) is 2. The van der Waals surface area contributed by atoms with Gasteiger partial charge in [-0.15, -0.1) is 0 Å². The molecule has 2 aromatic rings. The number of hydrogen-bond donors (Lipinski definition) is 2. The molecule has 1 aromatic carbocycles. The molecule has 0 spiro atoms. The third-order valence-electron chi connectivity index (χ3n) is 5.67. The molecule has 5 rings (SSSR count). The van der Waals surface area contributed by atoms with E-state index in [2.05, 4.69) is 15.6 Å². The van der Waals surface area contributed by atoms with Crippen molar-refractivity contribution in [3.05, 3.63) is 58.6 Å². The molecule has 3 aliphatic carbocycles. The third-order valence-corrected chi connectivity index (χ3v) is 5.98. The summed E-state index contributed by atoms with van der Waals surface area (Å²) in [5, 5.41) is 6.04. The van der Waals surface area contributed by atoms with E-state index in [9.17, 15) is 14.0 Å². The number of aromatic nitrogens is 1.